The Bertz CT molecular complexity index is 111. The Hall–Kier alpha value is 0.460. The summed E-state index contributed by atoms with van der Waals surface area (Å²) in [6, 6.07) is 0. The maximum absolute atomic E-state index is 10.1. The second-order valence-corrected chi connectivity index (χ2v) is 4.74. The molecule has 0 spiro atoms. The zero-order valence-electron chi connectivity index (χ0n) is 6.34. The van der Waals surface area contributed by atoms with Gasteiger partial charge in [-0.2, -0.15) is 0 Å². The third-order valence-electron chi connectivity index (χ3n) is 0.753. The van der Waals surface area contributed by atoms with Crippen molar-refractivity contribution in [1.29, 1.82) is 0 Å². The third-order valence-corrected chi connectivity index (χ3v) is 3.44. The van der Waals surface area contributed by atoms with E-state index >= 15 is 0 Å². The molecule has 0 fully saturated rings. The van der Waals surface area contributed by atoms with Crippen LogP contribution in [0, 0.1) is 0 Å². The van der Waals surface area contributed by atoms with Crippen molar-refractivity contribution in [3.05, 3.63) is 0 Å². The molecule has 0 aliphatic carbocycles. The number of carbonyl (C=O) groups excluding carboxylic acids is 1. The minimum Gasteiger partial charge on any atom is -0.453 e. The molecule has 0 unspecified atom stereocenters. The minimum atomic E-state index is -0.717. The lowest BCUT2D eigenvalue weighted by Crippen LogP contribution is -1.97. The highest BCUT2D eigenvalue weighted by Crippen LogP contribution is 2.21. The maximum Gasteiger partial charge on any atom is 0.403 e. The first kappa shape index (κ1) is 11.5. The third kappa shape index (κ3) is 10.5. The van der Waals surface area contributed by atoms with Crippen LogP contribution in [0.4, 0.5) is 4.79 Å². The van der Waals surface area contributed by atoms with E-state index in [2.05, 4.69) is 11.7 Å². The lowest BCUT2D eigenvalue weighted by atomic mass is 10.6. The van der Waals surface area contributed by atoms with Gasteiger partial charge in [-0.15, -0.1) is 0 Å². The van der Waals surface area contributed by atoms with Gasteiger partial charge >= 0.3 is 5.43 Å². The van der Waals surface area contributed by atoms with Crippen LogP contribution in [0.25, 0.3) is 0 Å². The van der Waals surface area contributed by atoms with Gasteiger partial charge in [0.15, 0.2) is 0 Å². The highest BCUT2D eigenvalue weighted by Gasteiger charge is 1.94. The van der Waals surface area contributed by atoms with Crippen molar-refractivity contribution in [2.45, 2.75) is 13.3 Å². The highest BCUT2D eigenvalue weighted by atomic mass is 35.5. The Kier molecular flexibility index (Phi) is 8.91. The van der Waals surface area contributed by atoms with Crippen molar-refractivity contribution in [3.63, 3.8) is 0 Å². The fourth-order valence-electron chi connectivity index (χ4n) is 0.357. The van der Waals surface area contributed by atoms with E-state index in [1.807, 2.05) is 0 Å². The highest BCUT2D eigenvalue weighted by molar-refractivity contribution is 8.76. The summed E-state index contributed by atoms with van der Waals surface area (Å²) in [4.78, 5) is 10.1. The van der Waals surface area contributed by atoms with E-state index in [1.54, 1.807) is 21.6 Å². The zero-order valence-corrected chi connectivity index (χ0v) is 8.73. The average molecular weight is 215 g/mol. The van der Waals surface area contributed by atoms with Gasteiger partial charge in [0.05, 0.1) is 0 Å². The van der Waals surface area contributed by atoms with Gasteiger partial charge in [-0.3, -0.25) is 0 Å². The summed E-state index contributed by atoms with van der Waals surface area (Å²) in [5.41, 5.74) is -0.717. The fourth-order valence-corrected chi connectivity index (χ4v) is 2.40. The first-order chi connectivity index (χ1) is 5.27. The molecule has 0 atom stereocenters. The van der Waals surface area contributed by atoms with E-state index < -0.39 is 5.43 Å². The normalized spacial score (nSPS) is 9.64. The van der Waals surface area contributed by atoms with E-state index in [-0.39, 0.29) is 0 Å². The Morgan fingerprint density at radius 3 is 2.64 bits per heavy atom. The molecule has 0 N–H and O–H groups in total. The monoisotopic (exact) mass is 214 g/mol. The Morgan fingerprint density at radius 1 is 1.45 bits per heavy atom. The number of rotatable bonds is 6. The van der Waals surface area contributed by atoms with Gasteiger partial charge in [0.1, 0.15) is 6.61 Å². The van der Waals surface area contributed by atoms with Gasteiger partial charge in [-0.05, 0) is 6.42 Å². The predicted octanol–water partition coefficient (Wildman–Crippen LogP) is 3.15. The standard InChI is InChI=1S/C6H11ClO2S2/c1-2-4-10-11-5-3-9-6(7)8/h2-5H2,1H3. The van der Waals surface area contributed by atoms with Crippen molar-refractivity contribution >= 4 is 38.6 Å². The lowest BCUT2D eigenvalue weighted by molar-refractivity contribution is 0.181. The van der Waals surface area contributed by atoms with Crippen molar-refractivity contribution in [2.24, 2.45) is 0 Å². The molecule has 0 aliphatic rings. The Morgan fingerprint density at radius 2 is 2.09 bits per heavy atom. The van der Waals surface area contributed by atoms with Crippen LogP contribution in [0.15, 0.2) is 0 Å². The number of hydrogen-bond donors (Lipinski definition) is 0. The van der Waals surface area contributed by atoms with Gasteiger partial charge in [0, 0.05) is 23.1 Å². The second kappa shape index (κ2) is 8.56. The Labute approximate surface area is 79.8 Å². The summed E-state index contributed by atoms with van der Waals surface area (Å²) < 4.78 is 4.51. The average Bonchev–Trinajstić information content (AvgIpc) is 1.96. The smallest absolute Gasteiger partial charge is 0.403 e. The molecule has 0 rings (SSSR count). The number of hydrogen-bond acceptors (Lipinski definition) is 4. The predicted molar refractivity (Wildman–Crippen MR) is 52.4 cm³/mol. The molecule has 5 heteroatoms. The molecule has 2 nitrogen and oxygen atoms in total. The Balaban J connectivity index is 2.85. The quantitative estimate of drug-likeness (QED) is 0.386. The van der Waals surface area contributed by atoms with Crippen molar-refractivity contribution < 1.29 is 9.53 Å². The molecule has 0 radical (unpaired) electrons. The molecule has 0 bridgehead atoms. The molecule has 0 aromatic rings. The minimum absolute atomic E-state index is 0.406. The van der Waals surface area contributed by atoms with E-state index in [0.29, 0.717) is 6.61 Å². The van der Waals surface area contributed by atoms with Crippen molar-refractivity contribution in [3.8, 4) is 0 Å². The molecule has 0 aromatic heterocycles. The van der Waals surface area contributed by atoms with Crippen molar-refractivity contribution in [1.82, 2.24) is 0 Å². The van der Waals surface area contributed by atoms with Crippen LogP contribution in [-0.2, 0) is 4.74 Å². The van der Waals surface area contributed by atoms with Gasteiger partial charge < -0.3 is 4.74 Å². The number of carbonyl (C=O) groups is 1. The summed E-state index contributed by atoms with van der Waals surface area (Å²) in [5, 5.41) is 0. The summed E-state index contributed by atoms with van der Waals surface area (Å²) in [6.45, 7) is 2.54. The fraction of sp³-hybridized carbons (Fsp3) is 0.833. The van der Waals surface area contributed by atoms with Crippen LogP contribution in [-0.4, -0.2) is 23.5 Å². The molecule has 0 amide bonds. The molecule has 66 valence electrons. The van der Waals surface area contributed by atoms with E-state index in [0.717, 1.165) is 11.5 Å². The number of halogens is 1. The van der Waals surface area contributed by atoms with Gasteiger partial charge in [-0.1, -0.05) is 28.5 Å². The topological polar surface area (TPSA) is 26.3 Å². The van der Waals surface area contributed by atoms with E-state index in [1.165, 1.54) is 6.42 Å². The van der Waals surface area contributed by atoms with Crippen LogP contribution >= 0.6 is 33.2 Å². The largest absolute Gasteiger partial charge is 0.453 e. The molecular weight excluding hydrogens is 204 g/mol. The van der Waals surface area contributed by atoms with Crippen LogP contribution in [0.5, 0.6) is 0 Å². The molecule has 0 aromatic carbocycles. The van der Waals surface area contributed by atoms with E-state index in [9.17, 15) is 4.79 Å². The van der Waals surface area contributed by atoms with Crippen LogP contribution in [0.2, 0.25) is 0 Å². The first-order valence-electron chi connectivity index (χ1n) is 3.34. The zero-order chi connectivity index (χ0) is 8.53. The van der Waals surface area contributed by atoms with Crippen LogP contribution in [0.3, 0.4) is 0 Å². The van der Waals surface area contributed by atoms with Crippen LogP contribution < -0.4 is 0 Å². The summed E-state index contributed by atoms with van der Waals surface area (Å²) in [5.74, 6) is 1.95. The van der Waals surface area contributed by atoms with Crippen molar-refractivity contribution in [2.75, 3.05) is 18.1 Å². The maximum atomic E-state index is 10.1. The molecule has 0 saturated carbocycles. The van der Waals surface area contributed by atoms with Gasteiger partial charge in [-0.25, -0.2) is 4.79 Å². The van der Waals surface area contributed by atoms with Crippen LogP contribution in [0.1, 0.15) is 13.3 Å². The van der Waals surface area contributed by atoms with Gasteiger partial charge in [0.25, 0.3) is 0 Å². The SMILES string of the molecule is CCCSSCCOC(=O)Cl. The molecule has 0 aliphatic heterocycles. The molecule has 0 saturated heterocycles. The molecule has 11 heavy (non-hydrogen) atoms. The summed E-state index contributed by atoms with van der Waals surface area (Å²) >= 11 is 4.94. The molecule has 0 heterocycles. The summed E-state index contributed by atoms with van der Waals surface area (Å²) in [7, 11) is 3.49. The second-order valence-electron chi connectivity index (χ2n) is 1.73. The van der Waals surface area contributed by atoms with Gasteiger partial charge in [0.2, 0.25) is 0 Å². The lowest BCUT2D eigenvalue weighted by Gasteiger charge is -1.98. The number of ether oxygens (including phenoxy) is 1. The van der Waals surface area contributed by atoms with E-state index in [4.69, 9.17) is 11.6 Å². The summed E-state index contributed by atoms with van der Waals surface area (Å²) in [6.07, 6.45) is 1.17. The molecular formula is C6H11ClO2S2. The first-order valence-corrected chi connectivity index (χ1v) is 6.20.